The first-order valence-electron chi connectivity index (χ1n) is 6.46. The van der Waals surface area contributed by atoms with Gasteiger partial charge in [-0.1, -0.05) is 24.1 Å². The minimum atomic E-state index is -0.244. The molecule has 0 radical (unpaired) electrons. The SMILES string of the molecule is Fc1ccc(C2CCC3CCCCN32)c(Cl)c1. The first kappa shape index (κ1) is 11.5. The molecule has 3 rings (SSSR count). The molecular weight excluding hydrogens is 237 g/mol. The summed E-state index contributed by atoms with van der Waals surface area (Å²) in [4.78, 5) is 2.57. The van der Waals surface area contributed by atoms with Crippen LogP contribution in [0.5, 0.6) is 0 Å². The van der Waals surface area contributed by atoms with Gasteiger partial charge in [-0.25, -0.2) is 4.39 Å². The van der Waals surface area contributed by atoms with E-state index in [1.54, 1.807) is 0 Å². The maximum atomic E-state index is 13.1. The van der Waals surface area contributed by atoms with Gasteiger partial charge in [-0.2, -0.15) is 0 Å². The van der Waals surface area contributed by atoms with Gasteiger partial charge in [0.2, 0.25) is 0 Å². The molecule has 2 saturated heterocycles. The summed E-state index contributed by atoms with van der Waals surface area (Å²) in [5.74, 6) is -0.244. The molecular formula is C14H17ClFN. The lowest BCUT2D eigenvalue weighted by molar-refractivity contribution is 0.150. The topological polar surface area (TPSA) is 3.24 Å². The summed E-state index contributed by atoms with van der Waals surface area (Å²) in [7, 11) is 0. The second-order valence-corrected chi connectivity index (χ2v) is 5.55. The number of piperidine rings is 1. The van der Waals surface area contributed by atoms with Gasteiger partial charge in [0.1, 0.15) is 5.82 Å². The van der Waals surface area contributed by atoms with Crippen molar-refractivity contribution in [2.75, 3.05) is 6.54 Å². The predicted molar refractivity (Wildman–Crippen MR) is 67.7 cm³/mol. The van der Waals surface area contributed by atoms with Gasteiger partial charge in [-0.15, -0.1) is 0 Å². The van der Waals surface area contributed by atoms with Crippen LogP contribution in [0.1, 0.15) is 43.7 Å². The molecule has 2 heterocycles. The molecule has 17 heavy (non-hydrogen) atoms. The number of nitrogens with zero attached hydrogens (tertiary/aromatic N) is 1. The molecule has 0 bridgehead atoms. The molecule has 2 atom stereocenters. The van der Waals surface area contributed by atoms with Crippen molar-refractivity contribution in [1.29, 1.82) is 0 Å². The molecule has 0 N–H and O–H groups in total. The van der Waals surface area contributed by atoms with Crippen LogP contribution in [0.3, 0.4) is 0 Å². The highest BCUT2D eigenvalue weighted by Gasteiger charge is 2.36. The maximum absolute atomic E-state index is 13.1. The molecule has 0 saturated carbocycles. The average Bonchev–Trinajstić information content (AvgIpc) is 2.73. The van der Waals surface area contributed by atoms with E-state index in [0.717, 1.165) is 18.0 Å². The number of hydrogen-bond donors (Lipinski definition) is 0. The smallest absolute Gasteiger partial charge is 0.124 e. The van der Waals surface area contributed by atoms with Crippen LogP contribution in [-0.2, 0) is 0 Å². The lowest BCUT2D eigenvalue weighted by Gasteiger charge is -2.34. The fourth-order valence-corrected chi connectivity index (χ4v) is 3.66. The Morgan fingerprint density at radius 3 is 2.88 bits per heavy atom. The van der Waals surface area contributed by atoms with Gasteiger partial charge < -0.3 is 0 Å². The Kier molecular flexibility index (Phi) is 3.10. The maximum Gasteiger partial charge on any atom is 0.124 e. The van der Waals surface area contributed by atoms with E-state index in [-0.39, 0.29) is 5.82 Å². The number of rotatable bonds is 1. The van der Waals surface area contributed by atoms with Crippen LogP contribution in [0.4, 0.5) is 4.39 Å². The van der Waals surface area contributed by atoms with E-state index < -0.39 is 0 Å². The van der Waals surface area contributed by atoms with E-state index in [0.29, 0.717) is 11.1 Å². The number of fused-ring (bicyclic) bond motifs is 1. The standard InChI is InChI=1S/C14H17ClFN/c15-13-9-10(16)4-6-12(13)14-7-5-11-3-1-2-8-17(11)14/h4,6,9,11,14H,1-3,5,7-8H2. The van der Waals surface area contributed by atoms with Gasteiger partial charge in [0, 0.05) is 17.1 Å². The van der Waals surface area contributed by atoms with Crippen molar-refractivity contribution >= 4 is 11.6 Å². The van der Waals surface area contributed by atoms with E-state index >= 15 is 0 Å². The van der Waals surface area contributed by atoms with Crippen molar-refractivity contribution in [2.45, 2.75) is 44.2 Å². The summed E-state index contributed by atoms with van der Waals surface area (Å²) in [5, 5.41) is 0.584. The highest BCUT2D eigenvalue weighted by Crippen LogP contribution is 2.42. The monoisotopic (exact) mass is 253 g/mol. The normalized spacial score (nSPS) is 29.3. The lowest BCUT2D eigenvalue weighted by Crippen LogP contribution is -2.35. The zero-order valence-corrected chi connectivity index (χ0v) is 10.6. The Balaban J connectivity index is 1.88. The summed E-state index contributed by atoms with van der Waals surface area (Å²) in [6.45, 7) is 1.17. The highest BCUT2D eigenvalue weighted by atomic mass is 35.5. The van der Waals surface area contributed by atoms with Crippen molar-refractivity contribution in [3.63, 3.8) is 0 Å². The summed E-state index contributed by atoms with van der Waals surface area (Å²) in [5.41, 5.74) is 1.11. The van der Waals surface area contributed by atoms with Crippen LogP contribution in [0, 0.1) is 5.82 Å². The van der Waals surface area contributed by atoms with Crippen LogP contribution in [0.2, 0.25) is 5.02 Å². The molecule has 1 aromatic carbocycles. The van der Waals surface area contributed by atoms with Gasteiger partial charge in [0.05, 0.1) is 0 Å². The van der Waals surface area contributed by atoms with Gasteiger partial charge in [0.15, 0.2) is 0 Å². The van der Waals surface area contributed by atoms with Gasteiger partial charge in [-0.05, 0) is 49.9 Å². The predicted octanol–water partition coefficient (Wildman–Crippen LogP) is 4.17. The first-order valence-corrected chi connectivity index (χ1v) is 6.84. The zero-order chi connectivity index (χ0) is 11.8. The Morgan fingerprint density at radius 1 is 1.18 bits per heavy atom. The van der Waals surface area contributed by atoms with Crippen LogP contribution in [0.25, 0.3) is 0 Å². The van der Waals surface area contributed by atoms with Crippen molar-refractivity contribution in [3.8, 4) is 0 Å². The second kappa shape index (κ2) is 4.58. The summed E-state index contributed by atoms with van der Waals surface area (Å²) in [6, 6.07) is 5.97. The quantitative estimate of drug-likeness (QED) is 0.726. The van der Waals surface area contributed by atoms with Crippen molar-refractivity contribution < 1.29 is 4.39 Å². The van der Waals surface area contributed by atoms with Crippen LogP contribution >= 0.6 is 11.6 Å². The minimum Gasteiger partial charge on any atom is -0.293 e. The third-order valence-corrected chi connectivity index (χ3v) is 4.50. The van der Waals surface area contributed by atoms with Crippen molar-refractivity contribution in [3.05, 3.63) is 34.6 Å². The number of hydrogen-bond acceptors (Lipinski definition) is 1. The Labute approximate surface area is 107 Å². The molecule has 2 fully saturated rings. The van der Waals surface area contributed by atoms with E-state index in [2.05, 4.69) is 4.90 Å². The highest BCUT2D eigenvalue weighted by molar-refractivity contribution is 6.31. The molecule has 2 aliphatic heterocycles. The summed E-state index contributed by atoms with van der Waals surface area (Å²) >= 11 is 6.17. The van der Waals surface area contributed by atoms with Gasteiger partial charge in [-0.3, -0.25) is 4.90 Å². The van der Waals surface area contributed by atoms with Crippen LogP contribution in [-0.4, -0.2) is 17.5 Å². The summed E-state index contributed by atoms with van der Waals surface area (Å²) in [6.07, 6.45) is 6.38. The van der Waals surface area contributed by atoms with Crippen LogP contribution in [0.15, 0.2) is 18.2 Å². The molecule has 0 aliphatic carbocycles. The number of halogens is 2. The van der Waals surface area contributed by atoms with E-state index in [4.69, 9.17) is 11.6 Å². The molecule has 92 valence electrons. The largest absolute Gasteiger partial charge is 0.293 e. The van der Waals surface area contributed by atoms with Crippen molar-refractivity contribution in [2.24, 2.45) is 0 Å². The van der Waals surface area contributed by atoms with E-state index in [9.17, 15) is 4.39 Å². The molecule has 0 amide bonds. The fraction of sp³-hybridized carbons (Fsp3) is 0.571. The second-order valence-electron chi connectivity index (χ2n) is 5.15. The average molecular weight is 254 g/mol. The molecule has 3 heteroatoms. The molecule has 0 spiro atoms. The first-order chi connectivity index (χ1) is 8.25. The Hall–Kier alpha value is -0.600. The zero-order valence-electron chi connectivity index (χ0n) is 9.83. The fourth-order valence-electron chi connectivity index (χ4n) is 3.37. The molecule has 1 nitrogen and oxygen atoms in total. The molecule has 2 unspecified atom stereocenters. The van der Waals surface area contributed by atoms with Gasteiger partial charge >= 0.3 is 0 Å². The summed E-state index contributed by atoms with van der Waals surface area (Å²) < 4.78 is 13.1. The van der Waals surface area contributed by atoms with Crippen molar-refractivity contribution in [1.82, 2.24) is 4.90 Å². The molecule has 2 aliphatic rings. The Bertz CT molecular complexity index is 421. The van der Waals surface area contributed by atoms with E-state index in [1.165, 1.54) is 44.4 Å². The lowest BCUT2D eigenvalue weighted by atomic mass is 10.0. The minimum absolute atomic E-state index is 0.244. The number of benzene rings is 1. The third-order valence-electron chi connectivity index (χ3n) is 4.17. The molecule has 1 aromatic rings. The third kappa shape index (κ3) is 2.09. The van der Waals surface area contributed by atoms with Gasteiger partial charge in [0.25, 0.3) is 0 Å². The van der Waals surface area contributed by atoms with E-state index in [1.807, 2.05) is 6.07 Å². The Morgan fingerprint density at radius 2 is 2.06 bits per heavy atom. The van der Waals surface area contributed by atoms with Crippen LogP contribution < -0.4 is 0 Å². The molecule has 0 aromatic heterocycles.